The second kappa shape index (κ2) is 8.50. The van der Waals surface area contributed by atoms with E-state index >= 15 is 0 Å². The van der Waals surface area contributed by atoms with Crippen molar-refractivity contribution in [2.75, 3.05) is 6.61 Å². The summed E-state index contributed by atoms with van der Waals surface area (Å²) in [6.07, 6.45) is 3.32. The van der Waals surface area contributed by atoms with Crippen LogP contribution in [0.1, 0.15) is 45.8 Å². The van der Waals surface area contributed by atoms with Gasteiger partial charge in [0.05, 0.1) is 23.6 Å². The molecule has 1 atom stereocenters. The molecule has 172 valence electrons. The number of hydrogen-bond donors (Lipinski definition) is 1. The van der Waals surface area contributed by atoms with Gasteiger partial charge in [0.1, 0.15) is 5.58 Å². The number of hydrogen-bond acceptors (Lipinski definition) is 6. The highest BCUT2D eigenvalue weighted by Gasteiger charge is 2.43. The first-order valence-electron chi connectivity index (χ1n) is 10.8. The molecule has 0 saturated carbocycles. The fourth-order valence-electron chi connectivity index (χ4n) is 4.31. The number of phenols is 1. The van der Waals surface area contributed by atoms with Gasteiger partial charge >= 0.3 is 0 Å². The molecule has 7 nitrogen and oxygen atoms in total. The average Bonchev–Trinajstić information content (AvgIpc) is 3.09. The summed E-state index contributed by atoms with van der Waals surface area (Å²) < 4.78 is 11.6. The first kappa shape index (κ1) is 22.0. The van der Waals surface area contributed by atoms with Gasteiger partial charge in [-0.2, -0.15) is 0 Å². The summed E-state index contributed by atoms with van der Waals surface area (Å²) in [7, 11) is 0. The van der Waals surface area contributed by atoms with E-state index in [-0.39, 0.29) is 34.8 Å². The lowest BCUT2D eigenvalue weighted by atomic mass is 9.97. The molecular formula is C26H21ClN2O5. The number of carbonyl (C=O) groups excluding carboxylic acids is 1. The summed E-state index contributed by atoms with van der Waals surface area (Å²) >= 11 is 6.29. The van der Waals surface area contributed by atoms with E-state index in [2.05, 4.69) is 4.98 Å². The molecular weight excluding hydrogens is 456 g/mol. The van der Waals surface area contributed by atoms with Crippen LogP contribution in [0.25, 0.3) is 11.0 Å². The van der Waals surface area contributed by atoms with E-state index in [1.807, 2.05) is 13.0 Å². The third-order valence-corrected chi connectivity index (χ3v) is 6.33. The van der Waals surface area contributed by atoms with Gasteiger partial charge in [0.15, 0.2) is 16.9 Å². The Bertz CT molecular complexity index is 1480. The van der Waals surface area contributed by atoms with E-state index < -0.39 is 11.9 Å². The second-order valence-electron chi connectivity index (χ2n) is 8.13. The Morgan fingerprint density at radius 1 is 1.21 bits per heavy atom. The number of amides is 1. The lowest BCUT2D eigenvalue weighted by Gasteiger charge is -2.25. The molecule has 1 aliphatic heterocycles. The van der Waals surface area contributed by atoms with E-state index in [0.717, 1.165) is 11.1 Å². The third kappa shape index (κ3) is 3.58. The first-order valence-corrected chi connectivity index (χ1v) is 11.2. The van der Waals surface area contributed by atoms with E-state index in [1.165, 1.54) is 6.07 Å². The van der Waals surface area contributed by atoms with Crippen LogP contribution in [0, 0.1) is 6.92 Å². The molecule has 3 heterocycles. The zero-order valence-corrected chi connectivity index (χ0v) is 19.3. The van der Waals surface area contributed by atoms with Crippen LogP contribution in [0.15, 0.2) is 64.1 Å². The molecule has 2 aromatic carbocycles. The van der Waals surface area contributed by atoms with Gasteiger partial charge in [-0.25, -0.2) is 0 Å². The van der Waals surface area contributed by atoms with Crippen LogP contribution in [0.3, 0.4) is 0 Å². The van der Waals surface area contributed by atoms with Crippen LogP contribution in [-0.4, -0.2) is 27.5 Å². The zero-order valence-electron chi connectivity index (χ0n) is 18.5. The van der Waals surface area contributed by atoms with Crippen LogP contribution in [0.5, 0.6) is 11.5 Å². The normalized spacial score (nSPS) is 15.1. The fraction of sp³-hybridized carbons (Fsp3) is 0.192. The minimum Gasteiger partial charge on any atom is -0.504 e. The largest absolute Gasteiger partial charge is 0.504 e. The van der Waals surface area contributed by atoms with Crippen LogP contribution < -0.4 is 10.2 Å². The number of carbonyl (C=O) groups is 1. The topological polar surface area (TPSA) is 92.9 Å². The standard InChI is InChI=1S/C26H21ClN2O5/c1-3-33-21-10-16(6-7-19(21)30)23-22-24(31)17-11-18(27)14(2)9-20(17)34-25(22)26(32)29(23)13-15-5-4-8-28-12-15/h4-12,23,30H,3,13H2,1-2H3. The highest BCUT2D eigenvalue weighted by Crippen LogP contribution is 2.41. The van der Waals surface area contributed by atoms with Gasteiger partial charge in [-0.3, -0.25) is 14.6 Å². The number of aromatic hydroxyl groups is 1. The van der Waals surface area contributed by atoms with Crippen molar-refractivity contribution in [1.29, 1.82) is 0 Å². The fourth-order valence-corrected chi connectivity index (χ4v) is 4.47. The minimum atomic E-state index is -0.747. The zero-order chi connectivity index (χ0) is 24.0. The number of halogens is 1. The monoisotopic (exact) mass is 476 g/mol. The van der Waals surface area contributed by atoms with Gasteiger partial charge in [-0.05, 0) is 60.9 Å². The van der Waals surface area contributed by atoms with Crippen LogP contribution in [0.2, 0.25) is 5.02 Å². The lowest BCUT2D eigenvalue weighted by Crippen LogP contribution is -2.29. The predicted octanol–water partition coefficient (Wildman–Crippen LogP) is 5.00. The number of aryl methyl sites for hydroxylation is 1. The number of fused-ring (bicyclic) bond motifs is 2. The molecule has 1 amide bonds. The summed E-state index contributed by atoms with van der Waals surface area (Å²) in [6, 6.07) is 11.0. The number of rotatable bonds is 5. The molecule has 5 rings (SSSR count). The lowest BCUT2D eigenvalue weighted by molar-refractivity contribution is 0.0714. The van der Waals surface area contributed by atoms with E-state index in [0.29, 0.717) is 28.2 Å². The number of aromatic nitrogens is 1. The van der Waals surface area contributed by atoms with Crippen molar-refractivity contribution in [3.8, 4) is 11.5 Å². The molecule has 0 aliphatic carbocycles. The maximum absolute atomic E-state index is 13.7. The van der Waals surface area contributed by atoms with Crippen LogP contribution in [-0.2, 0) is 6.54 Å². The molecule has 0 spiro atoms. The van der Waals surface area contributed by atoms with Crippen LogP contribution >= 0.6 is 11.6 Å². The Morgan fingerprint density at radius 3 is 2.76 bits per heavy atom. The number of ether oxygens (including phenoxy) is 1. The SMILES string of the molecule is CCOc1cc(C2c3c(oc4cc(C)c(Cl)cc4c3=O)C(=O)N2Cc2cccnc2)ccc1O. The molecule has 1 N–H and O–H groups in total. The van der Waals surface area contributed by atoms with Crippen molar-refractivity contribution < 1.29 is 19.1 Å². The Hall–Kier alpha value is -3.84. The van der Waals surface area contributed by atoms with Crippen LogP contribution in [0.4, 0.5) is 0 Å². The van der Waals surface area contributed by atoms with Gasteiger partial charge in [0.25, 0.3) is 5.91 Å². The summed E-state index contributed by atoms with van der Waals surface area (Å²) in [5, 5.41) is 10.9. The average molecular weight is 477 g/mol. The summed E-state index contributed by atoms with van der Waals surface area (Å²) in [6.45, 7) is 4.17. The van der Waals surface area contributed by atoms with Gasteiger partial charge in [-0.1, -0.05) is 23.7 Å². The summed E-state index contributed by atoms with van der Waals surface area (Å²) in [5.41, 5.74) is 2.37. The Balaban J connectivity index is 1.75. The molecule has 0 saturated heterocycles. The number of benzene rings is 2. The van der Waals surface area contributed by atoms with Gasteiger partial charge in [0.2, 0.25) is 5.76 Å². The highest BCUT2D eigenvalue weighted by atomic mass is 35.5. The molecule has 1 aliphatic rings. The van der Waals surface area contributed by atoms with Gasteiger partial charge in [0, 0.05) is 24.0 Å². The Morgan fingerprint density at radius 2 is 2.03 bits per heavy atom. The maximum atomic E-state index is 13.7. The third-order valence-electron chi connectivity index (χ3n) is 5.92. The molecule has 0 bridgehead atoms. The van der Waals surface area contributed by atoms with Crippen molar-refractivity contribution in [3.63, 3.8) is 0 Å². The molecule has 0 radical (unpaired) electrons. The second-order valence-corrected chi connectivity index (χ2v) is 8.54. The van der Waals surface area contributed by atoms with Gasteiger partial charge < -0.3 is 19.2 Å². The molecule has 8 heteroatoms. The number of pyridine rings is 1. The summed E-state index contributed by atoms with van der Waals surface area (Å²) in [5.74, 6) is -0.159. The van der Waals surface area contributed by atoms with Gasteiger partial charge in [-0.15, -0.1) is 0 Å². The van der Waals surface area contributed by atoms with Crippen molar-refractivity contribution in [1.82, 2.24) is 9.88 Å². The molecule has 0 fully saturated rings. The van der Waals surface area contributed by atoms with E-state index in [4.69, 9.17) is 20.8 Å². The summed E-state index contributed by atoms with van der Waals surface area (Å²) in [4.78, 5) is 33.0. The Kier molecular flexibility index (Phi) is 5.49. The van der Waals surface area contributed by atoms with Crippen molar-refractivity contribution in [2.24, 2.45) is 0 Å². The van der Waals surface area contributed by atoms with E-state index in [1.54, 1.807) is 54.5 Å². The molecule has 2 aromatic heterocycles. The number of nitrogens with zero attached hydrogens (tertiary/aromatic N) is 2. The van der Waals surface area contributed by atoms with Crippen molar-refractivity contribution >= 4 is 28.5 Å². The first-order chi connectivity index (χ1) is 16.4. The molecule has 34 heavy (non-hydrogen) atoms. The molecule has 4 aromatic rings. The predicted molar refractivity (Wildman–Crippen MR) is 127 cm³/mol. The quantitative estimate of drug-likeness (QED) is 0.435. The molecule has 1 unspecified atom stereocenters. The smallest absolute Gasteiger partial charge is 0.291 e. The van der Waals surface area contributed by atoms with Crippen molar-refractivity contribution in [2.45, 2.75) is 26.4 Å². The Labute approximate surface area is 200 Å². The van der Waals surface area contributed by atoms with E-state index in [9.17, 15) is 14.7 Å². The number of phenolic OH excluding ortho intramolecular Hbond substituents is 1. The minimum absolute atomic E-state index is 0.000789. The van der Waals surface area contributed by atoms with Crippen molar-refractivity contribution in [3.05, 3.63) is 98.1 Å². The maximum Gasteiger partial charge on any atom is 0.291 e. The highest BCUT2D eigenvalue weighted by molar-refractivity contribution is 6.32.